The Hall–Kier alpha value is -1.33. The average molecular weight is 303 g/mol. The molecule has 0 saturated carbocycles. The molecule has 20 heavy (non-hydrogen) atoms. The van der Waals surface area contributed by atoms with Crippen LogP contribution in [0.4, 0.5) is 10.1 Å². The molecule has 0 aliphatic carbocycles. The lowest BCUT2D eigenvalue weighted by Crippen LogP contribution is -2.48. The van der Waals surface area contributed by atoms with Crippen molar-refractivity contribution in [1.82, 2.24) is 5.32 Å². The fraction of sp³-hybridized carbons (Fsp3) is 0.500. The summed E-state index contributed by atoms with van der Waals surface area (Å²) in [5, 5.41) is 6.02. The molecule has 1 aliphatic rings. The molecular formula is C14H20ClFN2O2. The largest absolute Gasteiger partial charge is 0.491 e. The second kappa shape index (κ2) is 8.07. The molecule has 0 radical (unpaired) electrons. The van der Waals surface area contributed by atoms with Gasteiger partial charge in [0.1, 0.15) is 19.0 Å². The highest BCUT2D eigenvalue weighted by molar-refractivity contribution is 5.92. The van der Waals surface area contributed by atoms with E-state index in [0.717, 1.165) is 13.1 Å². The topological polar surface area (TPSA) is 50.4 Å². The van der Waals surface area contributed by atoms with Gasteiger partial charge in [0.25, 0.3) is 0 Å². The highest BCUT2D eigenvalue weighted by atomic mass is 35.5. The first-order valence-corrected chi connectivity index (χ1v) is 6.51. The molecule has 6 heteroatoms. The van der Waals surface area contributed by atoms with Crippen LogP contribution in [0, 0.1) is 11.8 Å². The maximum Gasteiger partial charge on any atom is 0.227 e. The predicted molar refractivity (Wildman–Crippen MR) is 79.3 cm³/mol. The van der Waals surface area contributed by atoms with Gasteiger partial charge in [-0.05, 0) is 31.1 Å². The Bertz CT molecular complexity index is 441. The lowest BCUT2D eigenvalue weighted by atomic mass is 9.88. The van der Waals surface area contributed by atoms with Crippen LogP contribution < -0.4 is 15.4 Å². The van der Waals surface area contributed by atoms with Crippen LogP contribution in [-0.2, 0) is 4.79 Å². The summed E-state index contributed by atoms with van der Waals surface area (Å²) in [7, 11) is 0. The van der Waals surface area contributed by atoms with Crippen molar-refractivity contribution < 1.29 is 13.9 Å². The van der Waals surface area contributed by atoms with Crippen LogP contribution in [0.25, 0.3) is 0 Å². The van der Waals surface area contributed by atoms with Gasteiger partial charge in [-0.2, -0.15) is 0 Å². The first kappa shape index (κ1) is 16.7. The smallest absolute Gasteiger partial charge is 0.227 e. The van der Waals surface area contributed by atoms with Crippen molar-refractivity contribution in [2.45, 2.75) is 6.92 Å². The molecule has 0 aromatic heterocycles. The van der Waals surface area contributed by atoms with Crippen molar-refractivity contribution in [3.63, 3.8) is 0 Å². The Labute approximate surface area is 124 Å². The van der Waals surface area contributed by atoms with Gasteiger partial charge in [-0.25, -0.2) is 4.39 Å². The number of benzene rings is 1. The summed E-state index contributed by atoms with van der Waals surface area (Å²) < 4.78 is 17.2. The highest BCUT2D eigenvalue weighted by Gasteiger charge is 2.28. The van der Waals surface area contributed by atoms with Gasteiger partial charge < -0.3 is 15.4 Å². The normalized spacial score (nSPS) is 15.7. The van der Waals surface area contributed by atoms with Crippen molar-refractivity contribution >= 4 is 24.0 Å². The molecule has 4 nitrogen and oxygen atoms in total. The number of amides is 1. The number of anilines is 1. The van der Waals surface area contributed by atoms with Crippen LogP contribution >= 0.6 is 12.4 Å². The molecule has 1 aromatic rings. The molecule has 1 fully saturated rings. The molecule has 1 unspecified atom stereocenters. The molecule has 1 atom stereocenters. The molecule has 1 heterocycles. The van der Waals surface area contributed by atoms with Crippen LogP contribution in [0.5, 0.6) is 5.75 Å². The molecule has 2 rings (SSSR count). The third kappa shape index (κ3) is 4.35. The van der Waals surface area contributed by atoms with Crippen molar-refractivity contribution in [1.29, 1.82) is 0 Å². The molecule has 1 saturated heterocycles. The second-order valence-corrected chi connectivity index (χ2v) is 4.76. The number of hydrogen-bond acceptors (Lipinski definition) is 3. The Balaban J connectivity index is 0.00000200. The zero-order valence-electron chi connectivity index (χ0n) is 11.4. The van der Waals surface area contributed by atoms with E-state index in [1.165, 1.54) is 0 Å². The second-order valence-electron chi connectivity index (χ2n) is 4.76. The fourth-order valence-corrected chi connectivity index (χ4v) is 1.95. The zero-order chi connectivity index (χ0) is 13.7. The molecular weight excluding hydrogens is 283 g/mol. The van der Waals surface area contributed by atoms with Crippen molar-refractivity contribution in [3.8, 4) is 5.75 Å². The Kier molecular flexibility index (Phi) is 6.75. The number of carbonyl (C=O) groups is 1. The summed E-state index contributed by atoms with van der Waals surface area (Å²) in [5.74, 6) is 0.963. The lowest BCUT2D eigenvalue weighted by molar-refractivity contribution is -0.121. The summed E-state index contributed by atoms with van der Waals surface area (Å²) in [6.07, 6.45) is 0. The molecule has 1 amide bonds. The minimum Gasteiger partial charge on any atom is -0.491 e. The monoisotopic (exact) mass is 302 g/mol. The predicted octanol–water partition coefficient (Wildman–Crippen LogP) is 2.25. The van der Waals surface area contributed by atoms with E-state index in [9.17, 15) is 9.18 Å². The molecule has 1 aliphatic heterocycles. The number of nitrogens with one attached hydrogen (secondary N) is 2. The Morgan fingerprint density at radius 2 is 2.30 bits per heavy atom. The zero-order valence-corrected chi connectivity index (χ0v) is 12.2. The first-order valence-electron chi connectivity index (χ1n) is 6.51. The fourth-order valence-electron chi connectivity index (χ4n) is 1.95. The Morgan fingerprint density at radius 1 is 1.55 bits per heavy atom. The third-order valence-corrected chi connectivity index (χ3v) is 3.38. The minimum absolute atomic E-state index is 0. The summed E-state index contributed by atoms with van der Waals surface area (Å²) >= 11 is 0. The van der Waals surface area contributed by atoms with Crippen molar-refractivity contribution in [2.24, 2.45) is 11.8 Å². The SMILES string of the molecule is CC(C(=O)Nc1cccc(OCCF)c1)C1CNC1.Cl. The van der Waals surface area contributed by atoms with E-state index in [1.807, 2.05) is 6.92 Å². The summed E-state index contributed by atoms with van der Waals surface area (Å²) in [6.45, 7) is 3.23. The van der Waals surface area contributed by atoms with Crippen LogP contribution in [0.3, 0.4) is 0 Å². The van der Waals surface area contributed by atoms with Crippen LogP contribution in [0.2, 0.25) is 0 Å². The van der Waals surface area contributed by atoms with Gasteiger partial charge in [0.05, 0.1) is 0 Å². The van der Waals surface area contributed by atoms with E-state index in [1.54, 1.807) is 24.3 Å². The third-order valence-electron chi connectivity index (χ3n) is 3.38. The highest BCUT2D eigenvalue weighted by Crippen LogP contribution is 2.21. The summed E-state index contributed by atoms with van der Waals surface area (Å²) in [4.78, 5) is 12.0. The van der Waals surface area contributed by atoms with E-state index in [2.05, 4.69) is 10.6 Å². The van der Waals surface area contributed by atoms with Crippen LogP contribution in [-0.4, -0.2) is 32.3 Å². The van der Waals surface area contributed by atoms with Crippen molar-refractivity contribution in [3.05, 3.63) is 24.3 Å². The van der Waals surface area contributed by atoms with E-state index >= 15 is 0 Å². The average Bonchev–Trinajstić information content (AvgIpc) is 2.34. The minimum atomic E-state index is -0.525. The number of hydrogen-bond donors (Lipinski definition) is 2. The van der Waals surface area contributed by atoms with Gasteiger partial charge in [-0.1, -0.05) is 13.0 Å². The van der Waals surface area contributed by atoms with Gasteiger partial charge in [0.15, 0.2) is 0 Å². The number of rotatable bonds is 6. The Morgan fingerprint density at radius 3 is 2.90 bits per heavy atom. The molecule has 2 N–H and O–H groups in total. The summed E-state index contributed by atoms with van der Waals surface area (Å²) in [6, 6.07) is 7.02. The van der Waals surface area contributed by atoms with E-state index in [0.29, 0.717) is 17.4 Å². The molecule has 1 aromatic carbocycles. The number of halogens is 2. The standard InChI is InChI=1S/C14H19FN2O2.ClH/c1-10(11-8-16-9-11)14(18)17-12-3-2-4-13(7-12)19-6-5-15;/h2-4,7,10-11,16H,5-6,8-9H2,1H3,(H,17,18);1H. The number of ether oxygens (including phenoxy) is 1. The van der Waals surface area contributed by atoms with Gasteiger partial charge in [0.2, 0.25) is 5.91 Å². The quantitative estimate of drug-likeness (QED) is 0.847. The van der Waals surface area contributed by atoms with E-state index < -0.39 is 6.67 Å². The van der Waals surface area contributed by atoms with Gasteiger partial charge in [-0.3, -0.25) is 4.79 Å². The van der Waals surface area contributed by atoms with Crippen molar-refractivity contribution in [2.75, 3.05) is 31.7 Å². The van der Waals surface area contributed by atoms with Crippen LogP contribution in [0.1, 0.15) is 6.92 Å². The number of alkyl halides is 1. The van der Waals surface area contributed by atoms with E-state index in [4.69, 9.17) is 4.74 Å². The molecule has 0 bridgehead atoms. The van der Waals surface area contributed by atoms with Gasteiger partial charge >= 0.3 is 0 Å². The summed E-state index contributed by atoms with van der Waals surface area (Å²) in [5.41, 5.74) is 0.681. The van der Waals surface area contributed by atoms with Crippen LogP contribution in [0.15, 0.2) is 24.3 Å². The number of carbonyl (C=O) groups excluding carboxylic acids is 1. The lowest BCUT2D eigenvalue weighted by Gasteiger charge is -2.31. The van der Waals surface area contributed by atoms with Gasteiger partial charge in [-0.15, -0.1) is 12.4 Å². The maximum absolute atomic E-state index is 12.0. The van der Waals surface area contributed by atoms with E-state index in [-0.39, 0.29) is 30.8 Å². The molecule has 0 spiro atoms. The maximum atomic E-state index is 12.0. The van der Waals surface area contributed by atoms with Gasteiger partial charge in [0, 0.05) is 17.7 Å². The molecule has 112 valence electrons. The first-order chi connectivity index (χ1) is 9.20.